The molecule has 1 saturated heterocycles. The fourth-order valence-electron chi connectivity index (χ4n) is 5.31. The first kappa shape index (κ1) is 40.4. The van der Waals surface area contributed by atoms with Crippen LogP contribution in [0.1, 0.15) is 51.3 Å². The average molecular weight is 709 g/mol. The van der Waals surface area contributed by atoms with Crippen LogP contribution in [-0.2, 0) is 39.9 Å². The first-order valence-electron chi connectivity index (χ1n) is 16.6. The molecule has 4 atom stereocenters. The fraction of sp³-hybridized carbons (Fsp3) is 0.647. The van der Waals surface area contributed by atoms with Gasteiger partial charge in [-0.25, -0.2) is 4.98 Å². The van der Waals surface area contributed by atoms with Crippen molar-refractivity contribution in [1.82, 2.24) is 20.5 Å². The number of aliphatic hydroxyl groups is 2. The maximum Gasteiger partial charge on any atom is 0.305 e. The Morgan fingerprint density at radius 2 is 1.53 bits per heavy atom. The zero-order valence-corrected chi connectivity index (χ0v) is 29.7. The van der Waals surface area contributed by atoms with Gasteiger partial charge in [-0.2, -0.15) is 0 Å². The molecule has 5 N–H and O–H groups in total. The topological polar surface area (TPSA) is 189 Å². The number of carbonyl (C=O) groups is 3. The van der Waals surface area contributed by atoms with Gasteiger partial charge in [0.05, 0.1) is 93.5 Å². The molecule has 1 fully saturated rings. The molecule has 1 aliphatic rings. The van der Waals surface area contributed by atoms with E-state index < -0.39 is 35.8 Å². The summed E-state index contributed by atoms with van der Waals surface area (Å²) in [5.74, 6) is -1.52. The van der Waals surface area contributed by atoms with Crippen molar-refractivity contribution in [2.75, 3.05) is 59.4 Å². The lowest BCUT2D eigenvalue weighted by atomic mass is 9.84. The van der Waals surface area contributed by atoms with Gasteiger partial charge in [-0.1, -0.05) is 45.0 Å². The Labute approximate surface area is 292 Å². The van der Waals surface area contributed by atoms with Crippen molar-refractivity contribution in [2.24, 2.45) is 5.41 Å². The predicted octanol–water partition coefficient (Wildman–Crippen LogP) is 1.95. The summed E-state index contributed by atoms with van der Waals surface area (Å²) in [5.41, 5.74) is 4.20. The van der Waals surface area contributed by atoms with E-state index in [0.717, 1.165) is 21.7 Å². The minimum Gasteiger partial charge on any atom is -0.481 e. The number of thiazole rings is 1. The molecule has 14 nitrogen and oxygen atoms in total. The third-order valence-corrected chi connectivity index (χ3v) is 8.96. The number of ether oxygens (including phenoxy) is 4. The zero-order chi connectivity index (χ0) is 35.8. The SMILES string of the molecule is Cc1ncsc1-c1ccc(CNC(=O)[C@@H]2C[C@@H](O)CN2C(O)[C@@H](NC(=O)CCOCCOCCOCCOCCC(=O)O)C(C)(C)C)cc1. The third kappa shape index (κ3) is 14.0. The molecular weight excluding hydrogens is 656 g/mol. The number of aryl methyl sites for hydroxylation is 1. The molecule has 0 spiro atoms. The van der Waals surface area contributed by atoms with Gasteiger partial charge in [-0.15, -0.1) is 11.3 Å². The highest BCUT2D eigenvalue weighted by atomic mass is 32.1. The van der Waals surface area contributed by atoms with Crippen LogP contribution >= 0.6 is 11.3 Å². The molecule has 15 heteroatoms. The molecule has 1 aliphatic heterocycles. The Kier molecular flexibility index (Phi) is 17.0. The standard InChI is InChI=1S/C34H52N4O10S/c1-23-30(49-22-36-23)25-7-5-24(6-8-25)20-35-32(43)27-19-26(39)21-38(27)33(44)31(34(2,3)4)37-28(40)9-11-45-13-15-47-17-18-48-16-14-46-12-10-29(41)42/h5-8,22,26-27,31,33,39,44H,9-21H2,1-4H3,(H,35,43)(H,37,40)(H,41,42)/t26-,27+,31-,33?/m1/s1. The van der Waals surface area contributed by atoms with E-state index in [9.17, 15) is 24.6 Å². The smallest absolute Gasteiger partial charge is 0.305 e. The van der Waals surface area contributed by atoms with Crippen LogP contribution in [0.25, 0.3) is 10.4 Å². The van der Waals surface area contributed by atoms with Crippen LogP contribution in [0.4, 0.5) is 0 Å². The van der Waals surface area contributed by atoms with Gasteiger partial charge in [0.2, 0.25) is 11.8 Å². The summed E-state index contributed by atoms with van der Waals surface area (Å²) in [5, 5.41) is 36.4. The second-order valence-corrected chi connectivity index (χ2v) is 13.8. The molecule has 0 saturated carbocycles. The lowest BCUT2D eigenvalue weighted by molar-refractivity contribution is -0.138. The molecule has 1 aromatic carbocycles. The van der Waals surface area contributed by atoms with Crippen LogP contribution in [0.15, 0.2) is 29.8 Å². The second-order valence-electron chi connectivity index (χ2n) is 13.0. The van der Waals surface area contributed by atoms with Crippen molar-refractivity contribution < 1.29 is 48.7 Å². The largest absolute Gasteiger partial charge is 0.481 e. The van der Waals surface area contributed by atoms with Gasteiger partial charge in [-0.05, 0) is 29.9 Å². The lowest BCUT2D eigenvalue weighted by Crippen LogP contribution is -2.60. The predicted molar refractivity (Wildman–Crippen MR) is 183 cm³/mol. The van der Waals surface area contributed by atoms with Gasteiger partial charge < -0.3 is 44.9 Å². The summed E-state index contributed by atoms with van der Waals surface area (Å²) in [6.45, 7) is 10.3. The number of likely N-dealkylation sites (tertiary alicyclic amines) is 1. The molecule has 49 heavy (non-hydrogen) atoms. The fourth-order valence-corrected chi connectivity index (χ4v) is 6.12. The molecule has 274 valence electrons. The Balaban J connectivity index is 1.38. The van der Waals surface area contributed by atoms with Crippen molar-refractivity contribution >= 4 is 29.1 Å². The molecule has 1 unspecified atom stereocenters. The normalized spacial score (nSPS) is 17.9. The van der Waals surface area contributed by atoms with Gasteiger partial charge in [0.15, 0.2) is 0 Å². The van der Waals surface area contributed by atoms with Gasteiger partial charge in [0, 0.05) is 19.5 Å². The van der Waals surface area contributed by atoms with Crippen LogP contribution < -0.4 is 10.6 Å². The van der Waals surface area contributed by atoms with E-state index in [0.29, 0.717) is 39.6 Å². The summed E-state index contributed by atoms with van der Waals surface area (Å²) in [4.78, 5) is 43.6. The maximum absolute atomic E-state index is 13.3. The Morgan fingerprint density at radius 1 is 0.959 bits per heavy atom. The van der Waals surface area contributed by atoms with Crippen LogP contribution in [0.2, 0.25) is 0 Å². The maximum atomic E-state index is 13.3. The van der Waals surface area contributed by atoms with Crippen molar-refractivity contribution in [3.05, 3.63) is 41.0 Å². The number of nitrogens with zero attached hydrogens (tertiary/aromatic N) is 2. The van der Waals surface area contributed by atoms with E-state index in [-0.39, 0.29) is 57.4 Å². The molecule has 0 bridgehead atoms. The number of carbonyl (C=O) groups excluding carboxylic acids is 2. The van der Waals surface area contributed by atoms with Crippen molar-refractivity contribution in [3.8, 4) is 10.4 Å². The monoisotopic (exact) mass is 708 g/mol. The zero-order valence-electron chi connectivity index (χ0n) is 28.9. The summed E-state index contributed by atoms with van der Waals surface area (Å²) in [6.07, 6.45) is -1.82. The second kappa shape index (κ2) is 20.6. The lowest BCUT2D eigenvalue weighted by Gasteiger charge is -2.40. The quantitative estimate of drug-likeness (QED) is 0.112. The minimum absolute atomic E-state index is 0.0409. The van der Waals surface area contributed by atoms with Gasteiger partial charge in [-0.3, -0.25) is 19.3 Å². The van der Waals surface area contributed by atoms with Crippen molar-refractivity contribution in [1.29, 1.82) is 0 Å². The van der Waals surface area contributed by atoms with Crippen LogP contribution in [-0.4, -0.2) is 127 Å². The molecule has 2 heterocycles. The summed E-state index contributed by atoms with van der Waals surface area (Å²) >= 11 is 1.58. The first-order chi connectivity index (χ1) is 23.4. The van der Waals surface area contributed by atoms with Crippen LogP contribution in [0.3, 0.4) is 0 Å². The number of benzene rings is 1. The number of nitrogens with one attached hydrogen (secondary N) is 2. The number of aliphatic hydroxyl groups excluding tert-OH is 2. The third-order valence-electron chi connectivity index (χ3n) is 7.99. The number of aliphatic carboxylic acids is 1. The number of hydrogen-bond donors (Lipinski definition) is 5. The van der Waals surface area contributed by atoms with Crippen LogP contribution in [0, 0.1) is 12.3 Å². The van der Waals surface area contributed by atoms with E-state index in [1.54, 1.807) is 16.2 Å². The number of aromatic nitrogens is 1. The highest BCUT2D eigenvalue weighted by molar-refractivity contribution is 7.13. The molecular formula is C34H52N4O10S. The molecule has 2 aromatic rings. The van der Waals surface area contributed by atoms with E-state index in [4.69, 9.17) is 24.1 Å². The number of carboxylic acid groups (broad SMARTS) is 1. The number of carboxylic acids is 1. The van der Waals surface area contributed by atoms with Gasteiger partial charge in [0.25, 0.3) is 0 Å². The Bertz CT molecular complexity index is 1300. The number of rotatable bonds is 22. The summed E-state index contributed by atoms with van der Waals surface area (Å²) < 4.78 is 21.4. The van der Waals surface area contributed by atoms with Gasteiger partial charge in [0.1, 0.15) is 6.23 Å². The van der Waals surface area contributed by atoms with E-state index in [1.807, 2.05) is 57.5 Å². The number of hydrogen-bond acceptors (Lipinski definition) is 12. The molecule has 3 rings (SSSR count). The summed E-state index contributed by atoms with van der Waals surface area (Å²) in [6, 6.07) is 6.42. The van der Waals surface area contributed by atoms with Crippen molar-refractivity contribution in [3.63, 3.8) is 0 Å². The average Bonchev–Trinajstić information content (AvgIpc) is 3.67. The van der Waals surface area contributed by atoms with Crippen LogP contribution in [0.5, 0.6) is 0 Å². The molecule has 0 aliphatic carbocycles. The number of β-amino-alcohol motifs (C(OH)–C–C–N with tert-alkyl or cyclic N) is 1. The van der Waals surface area contributed by atoms with Crippen molar-refractivity contribution in [2.45, 2.75) is 77.9 Å². The Hall–Kier alpha value is -3.02. The van der Waals surface area contributed by atoms with Gasteiger partial charge >= 0.3 is 5.97 Å². The number of amides is 2. The van der Waals surface area contributed by atoms with E-state index in [2.05, 4.69) is 15.6 Å². The highest BCUT2D eigenvalue weighted by Crippen LogP contribution is 2.29. The highest BCUT2D eigenvalue weighted by Gasteiger charge is 2.44. The Morgan fingerprint density at radius 3 is 2.06 bits per heavy atom. The molecule has 0 radical (unpaired) electrons. The van der Waals surface area contributed by atoms with E-state index in [1.165, 1.54) is 0 Å². The summed E-state index contributed by atoms with van der Waals surface area (Å²) in [7, 11) is 0. The molecule has 2 amide bonds. The van der Waals surface area contributed by atoms with E-state index >= 15 is 0 Å². The first-order valence-corrected chi connectivity index (χ1v) is 17.5. The molecule has 1 aromatic heterocycles. The minimum atomic E-state index is -1.22.